The largest absolute Gasteiger partial charge is 0.462 e. The number of esters is 1. The van der Waals surface area contributed by atoms with Gasteiger partial charge in [-0.2, -0.15) is 0 Å². The van der Waals surface area contributed by atoms with Gasteiger partial charge in [-0.1, -0.05) is 11.8 Å². The molecule has 0 aliphatic heterocycles. The first kappa shape index (κ1) is 11.7. The van der Waals surface area contributed by atoms with Gasteiger partial charge in [0.15, 0.2) is 5.16 Å². The average Bonchev–Trinajstić information content (AvgIpc) is 2.17. The Balaban J connectivity index is 2.94. The molecule has 0 aliphatic rings. The molecule has 1 heterocycles. The lowest BCUT2D eigenvalue weighted by Gasteiger charge is -2.03. The van der Waals surface area contributed by atoms with Crippen molar-refractivity contribution in [3.8, 4) is 0 Å². The quantitative estimate of drug-likeness (QED) is 0.280. The molecule has 0 bridgehead atoms. The predicted octanol–water partition coefficient (Wildman–Crippen LogP) is 1.98. The molecule has 6 heteroatoms. The lowest BCUT2D eigenvalue weighted by molar-refractivity contribution is 0.0523. The number of aromatic nitrogens is 2. The van der Waals surface area contributed by atoms with Gasteiger partial charge in [0.25, 0.3) is 0 Å². The Bertz CT molecular complexity index is 346. The van der Waals surface area contributed by atoms with Crippen molar-refractivity contribution in [1.82, 2.24) is 9.97 Å². The Morgan fingerprint density at radius 1 is 1.71 bits per heavy atom. The van der Waals surface area contributed by atoms with Gasteiger partial charge in [-0.05, 0) is 35.8 Å². The molecule has 76 valence electrons. The number of ether oxygens (including phenoxy) is 1. The molecule has 1 aromatic rings. The van der Waals surface area contributed by atoms with Crippen LogP contribution in [-0.2, 0) is 4.74 Å². The molecule has 0 spiro atoms. The highest BCUT2D eigenvalue weighted by molar-refractivity contribution is 14.1. The van der Waals surface area contributed by atoms with Crippen LogP contribution in [0.5, 0.6) is 0 Å². The van der Waals surface area contributed by atoms with Crippen LogP contribution in [0.1, 0.15) is 17.3 Å². The van der Waals surface area contributed by atoms with E-state index in [4.69, 9.17) is 4.74 Å². The number of halogens is 1. The summed E-state index contributed by atoms with van der Waals surface area (Å²) in [5.41, 5.74) is 0.422. The normalized spacial score (nSPS) is 9.93. The van der Waals surface area contributed by atoms with Gasteiger partial charge in [0.2, 0.25) is 0 Å². The second-order valence-electron chi connectivity index (χ2n) is 2.28. The minimum absolute atomic E-state index is 0.360. The second kappa shape index (κ2) is 5.50. The maximum atomic E-state index is 11.4. The van der Waals surface area contributed by atoms with E-state index in [-0.39, 0.29) is 5.97 Å². The first-order chi connectivity index (χ1) is 6.69. The van der Waals surface area contributed by atoms with Crippen molar-refractivity contribution in [3.05, 3.63) is 15.5 Å². The Morgan fingerprint density at radius 2 is 2.43 bits per heavy atom. The minimum atomic E-state index is -0.371. The Morgan fingerprint density at radius 3 is 2.93 bits per heavy atom. The van der Waals surface area contributed by atoms with Crippen LogP contribution >= 0.6 is 34.4 Å². The molecule has 1 aromatic heterocycles. The summed E-state index contributed by atoms with van der Waals surface area (Å²) in [6.07, 6.45) is 3.38. The molecule has 0 N–H and O–H groups in total. The summed E-state index contributed by atoms with van der Waals surface area (Å²) in [5, 5.41) is 0.655. The molecule has 0 atom stereocenters. The van der Waals surface area contributed by atoms with E-state index < -0.39 is 0 Å². The number of nitrogens with zero attached hydrogens (tertiary/aromatic N) is 2. The van der Waals surface area contributed by atoms with Crippen LogP contribution in [-0.4, -0.2) is 28.8 Å². The summed E-state index contributed by atoms with van der Waals surface area (Å²) in [4.78, 5) is 19.5. The molecule has 0 radical (unpaired) electrons. The Kier molecular flexibility index (Phi) is 4.59. The first-order valence-electron chi connectivity index (χ1n) is 3.92. The average molecular weight is 324 g/mol. The van der Waals surface area contributed by atoms with E-state index in [1.807, 2.05) is 28.8 Å². The van der Waals surface area contributed by atoms with Gasteiger partial charge in [0.05, 0.1) is 6.61 Å². The molecule has 0 fully saturated rings. The molecule has 0 aliphatic carbocycles. The van der Waals surface area contributed by atoms with Gasteiger partial charge in [0, 0.05) is 6.20 Å². The monoisotopic (exact) mass is 324 g/mol. The molecule has 0 amide bonds. The van der Waals surface area contributed by atoms with Gasteiger partial charge in [-0.3, -0.25) is 0 Å². The third kappa shape index (κ3) is 2.81. The highest BCUT2D eigenvalue weighted by atomic mass is 127. The molecular formula is C8H9IN2O2S. The van der Waals surface area contributed by atoms with Crippen LogP contribution in [0, 0.1) is 3.70 Å². The maximum Gasteiger partial charge on any atom is 0.342 e. The molecule has 0 unspecified atom stereocenters. The van der Waals surface area contributed by atoms with Crippen LogP contribution in [0.3, 0.4) is 0 Å². The van der Waals surface area contributed by atoms with Gasteiger partial charge in [0.1, 0.15) is 9.26 Å². The zero-order valence-electron chi connectivity index (χ0n) is 7.78. The second-order valence-corrected chi connectivity index (χ2v) is 4.08. The van der Waals surface area contributed by atoms with E-state index in [9.17, 15) is 4.79 Å². The topological polar surface area (TPSA) is 52.1 Å². The van der Waals surface area contributed by atoms with Crippen LogP contribution in [0.25, 0.3) is 0 Å². The summed E-state index contributed by atoms with van der Waals surface area (Å²) >= 11 is 3.44. The summed E-state index contributed by atoms with van der Waals surface area (Å²) < 4.78 is 5.48. The third-order valence-corrected chi connectivity index (χ3v) is 2.78. The smallest absolute Gasteiger partial charge is 0.342 e. The number of rotatable bonds is 3. The van der Waals surface area contributed by atoms with Gasteiger partial charge >= 0.3 is 5.97 Å². The lowest BCUT2D eigenvalue weighted by atomic mass is 10.3. The minimum Gasteiger partial charge on any atom is -0.462 e. The number of hydrogen-bond donors (Lipinski definition) is 0. The third-order valence-electron chi connectivity index (χ3n) is 1.40. The summed E-state index contributed by atoms with van der Waals surface area (Å²) in [7, 11) is 0. The van der Waals surface area contributed by atoms with E-state index in [1.165, 1.54) is 18.0 Å². The molecular weight excluding hydrogens is 315 g/mol. The van der Waals surface area contributed by atoms with E-state index in [0.29, 0.717) is 21.0 Å². The van der Waals surface area contributed by atoms with Crippen molar-refractivity contribution in [3.63, 3.8) is 0 Å². The van der Waals surface area contributed by atoms with Crippen LogP contribution in [0.2, 0.25) is 0 Å². The van der Waals surface area contributed by atoms with Gasteiger partial charge in [-0.25, -0.2) is 14.8 Å². The number of carbonyl (C=O) groups excluding carboxylic acids is 1. The van der Waals surface area contributed by atoms with E-state index >= 15 is 0 Å². The number of hydrogen-bond acceptors (Lipinski definition) is 5. The molecule has 0 saturated heterocycles. The van der Waals surface area contributed by atoms with Crippen molar-refractivity contribution in [1.29, 1.82) is 0 Å². The van der Waals surface area contributed by atoms with E-state index in [1.54, 1.807) is 6.92 Å². The Labute approximate surface area is 100.0 Å². The van der Waals surface area contributed by atoms with Crippen molar-refractivity contribution in [2.75, 3.05) is 12.9 Å². The fourth-order valence-electron chi connectivity index (χ4n) is 0.790. The fraction of sp³-hybridized carbons (Fsp3) is 0.375. The highest BCUT2D eigenvalue weighted by Gasteiger charge is 2.13. The fourth-order valence-corrected chi connectivity index (χ4v) is 1.88. The standard InChI is InChI=1S/C8H9IN2O2S/c1-3-13-7(12)5-4-10-8(14-2)11-6(5)9/h4H,3H2,1-2H3. The summed E-state index contributed by atoms with van der Waals surface area (Å²) in [5.74, 6) is -0.371. The number of thioether (sulfide) groups is 1. The van der Waals surface area contributed by atoms with E-state index in [2.05, 4.69) is 9.97 Å². The van der Waals surface area contributed by atoms with Crippen LogP contribution in [0.15, 0.2) is 11.4 Å². The van der Waals surface area contributed by atoms with E-state index in [0.717, 1.165) is 0 Å². The van der Waals surface area contributed by atoms with Crippen LogP contribution < -0.4 is 0 Å². The van der Waals surface area contributed by atoms with Gasteiger partial charge < -0.3 is 4.74 Å². The summed E-state index contributed by atoms with van der Waals surface area (Å²) in [6, 6.07) is 0. The summed E-state index contributed by atoms with van der Waals surface area (Å²) in [6.45, 7) is 2.13. The van der Waals surface area contributed by atoms with Crippen molar-refractivity contribution < 1.29 is 9.53 Å². The molecule has 1 rings (SSSR count). The van der Waals surface area contributed by atoms with Crippen molar-refractivity contribution >= 4 is 40.3 Å². The zero-order valence-corrected chi connectivity index (χ0v) is 10.8. The van der Waals surface area contributed by atoms with Crippen molar-refractivity contribution in [2.24, 2.45) is 0 Å². The highest BCUT2D eigenvalue weighted by Crippen LogP contribution is 2.14. The number of carbonyl (C=O) groups is 1. The van der Waals surface area contributed by atoms with Crippen molar-refractivity contribution in [2.45, 2.75) is 12.1 Å². The maximum absolute atomic E-state index is 11.4. The molecule has 4 nitrogen and oxygen atoms in total. The molecule has 14 heavy (non-hydrogen) atoms. The Hall–Kier alpha value is -0.370. The SMILES string of the molecule is CCOC(=O)c1cnc(SC)nc1I. The lowest BCUT2D eigenvalue weighted by Crippen LogP contribution is -2.09. The predicted molar refractivity (Wildman–Crippen MR) is 62.5 cm³/mol. The first-order valence-corrected chi connectivity index (χ1v) is 6.23. The molecule has 0 aromatic carbocycles. The van der Waals surface area contributed by atoms with Crippen LogP contribution in [0.4, 0.5) is 0 Å². The zero-order chi connectivity index (χ0) is 10.6. The molecule has 0 saturated carbocycles. The van der Waals surface area contributed by atoms with Gasteiger partial charge in [-0.15, -0.1) is 0 Å².